The lowest BCUT2D eigenvalue weighted by Gasteiger charge is -2.43. The zero-order valence-corrected chi connectivity index (χ0v) is 12.7. The van der Waals surface area contributed by atoms with Crippen LogP contribution in [0.2, 0.25) is 0 Å². The van der Waals surface area contributed by atoms with Crippen LogP contribution in [0, 0.1) is 11.3 Å². The summed E-state index contributed by atoms with van der Waals surface area (Å²) in [6.45, 7) is 6.60. The van der Waals surface area contributed by atoms with E-state index in [0.717, 1.165) is 25.0 Å². The fraction of sp³-hybridized carbons (Fsp3) is 0.714. The summed E-state index contributed by atoms with van der Waals surface area (Å²) in [6, 6.07) is 0. The number of carboxylic acid groups (broad SMARTS) is 1. The van der Waals surface area contributed by atoms with Crippen molar-refractivity contribution in [1.82, 2.24) is 9.78 Å². The number of fused-ring (bicyclic) bond motifs is 1. The van der Waals surface area contributed by atoms with E-state index < -0.39 is 5.97 Å². The highest BCUT2D eigenvalue weighted by molar-refractivity contribution is 7.81. The van der Waals surface area contributed by atoms with Gasteiger partial charge in [-0.15, -0.1) is 0 Å². The van der Waals surface area contributed by atoms with Crippen molar-refractivity contribution >= 4 is 18.6 Å². The van der Waals surface area contributed by atoms with Gasteiger partial charge in [-0.2, -0.15) is 17.7 Å². The molecule has 1 N–H and O–H groups in total. The van der Waals surface area contributed by atoms with Crippen LogP contribution in [0.25, 0.3) is 0 Å². The number of thiol groups is 1. The van der Waals surface area contributed by atoms with Gasteiger partial charge < -0.3 is 5.11 Å². The van der Waals surface area contributed by atoms with Crippen LogP contribution in [-0.4, -0.2) is 26.1 Å². The molecule has 19 heavy (non-hydrogen) atoms. The van der Waals surface area contributed by atoms with Crippen LogP contribution in [0.3, 0.4) is 0 Å². The van der Waals surface area contributed by atoms with Gasteiger partial charge in [0.1, 0.15) is 6.54 Å². The van der Waals surface area contributed by atoms with E-state index in [2.05, 4.69) is 25.9 Å². The summed E-state index contributed by atoms with van der Waals surface area (Å²) in [5, 5.41) is 13.5. The Morgan fingerprint density at radius 1 is 1.58 bits per heavy atom. The number of aryl methyl sites for hydroxylation is 1. The molecule has 1 aliphatic carbocycles. The molecule has 4 nitrogen and oxygen atoms in total. The predicted octanol–water partition coefficient (Wildman–Crippen LogP) is 2.42. The van der Waals surface area contributed by atoms with Gasteiger partial charge in [-0.05, 0) is 36.2 Å². The maximum Gasteiger partial charge on any atom is 0.325 e. The number of carboxylic acids is 1. The Balaban J connectivity index is 2.28. The molecular weight excluding hydrogens is 260 g/mol. The minimum Gasteiger partial charge on any atom is -0.480 e. The van der Waals surface area contributed by atoms with Crippen molar-refractivity contribution in [3.05, 3.63) is 17.5 Å². The molecule has 0 spiro atoms. The molecular formula is C14H22N2O2S. The first kappa shape index (κ1) is 14.4. The molecule has 106 valence electrons. The first-order chi connectivity index (χ1) is 8.85. The molecule has 0 aromatic carbocycles. The predicted molar refractivity (Wildman–Crippen MR) is 77.6 cm³/mol. The van der Waals surface area contributed by atoms with E-state index in [1.54, 1.807) is 4.68 Å². The third kappa shape index (κ3) is 2.66. The van der Waals surface area contributed by atoms with Crippen LogP contribution >= 0.6 is 12.6 Å². The van der Waals surface area contributed by atoms with E-state index in [4.69, 9.17) is 17.7 Å². The quantitative estimate of drug-likeness (QED) is 0.834. The van der Waals surface area contributed by atoms with E-state index in [0.29, 0.717) is 11.2 Å². The Hall–Kier alpha value is -0.970. The van der Waals surface area contributed by atoms with Gasteiger partial charge in [0.25, 0.3) is 0 Å². The van der Waals surface area contributed by atoms with E-state index in [1.807, 2.05) is 6.20 Å². The first-order valence-corrected chi connectivity index (χ1v) is 7.32. The molecule has 2 atom stereocenters. The Labute approximate surface area is 119 Å². The molecule has 0 bridgehead atoms. The lowest BCUT2D eigenvalue weighted by atomic mass is 9.65. The molecule has 0 saturated carbocycles. The van der Waals surface area contributed by atoms with Gasteiger partial charge in [-0.3, -0.25) is 9.48 Å². The van der Waals surface area contributed by atoms with Crippen molar-refractivity contribution in [3.8, 4) is 0 Å². The number of hydrogen-bond acceptors (Lipinski definition) is 3. The number of aromatic nitrogens is 2. The van der Waals surface area contributed by atoms with Crippen LogP contribution < -0.4 is 0 Å². The summed E-state index contributed by atoms with van der Waals surface area (Å²) < 4.78 is 1.55. The van der Waals surface area contributed by atoms with Crippen molar-refractivity contribution < 1.29 is 9.90 Å². The minimum atomic E-state index is -0.850. The Morgan fingerprint density at radius 3 is 2.79 bits per heavy atom. The second kappa shape index (κ2) is 5.19. The van der Waals surface area contributed by atoms with Crippen molar-refractivity contribution in [2.75, 3.05) is 0 Å². The maximum atomic E-state index is 10.8. The number of aliphatic carboxylic acids is 1. The zero-order valence-electron chi connectivity index (χ0n) is 11.8. The Kier molecular flexibility index (Phi) is 3.95. The Bertz CT molecular complexity index is 472. The highest BCUT2D eigenvalue weighted by Gasteiger charge is 2.41. The first-order valence-electron chi connectivity index (χ1n) is 6.80. The van der Waals surface area contributed by atoms with Gasteiger partial charge in [0, 0.05) is 11.4 Å². The van der Waals surface area contributed by atoms with Crippen LogP contribution in [0.1, 0.15) is 38.4 Å². The molecule has 2 rings (SSSR count). The molecule has 1 aliphatic rings. The molecule has 1 heterocycles. The van der Waals surface area contributed by atoms with Gasteiger partial charge in [-0.25, -0.2) is 0 Å². The van der Waals surface area contributed by atoms with Crippen molar-refractivity contribution in [3.63, 3.8) is 0 Å². The van der Waals surface area contributed by atoms with E-state index in [1.165, 1.54) is 5.56 Å². The third-order valence-electron chi connectivity index (χ3n) is 4.55. The number of hydrogen-bond donors (Lipinski definition) is 2. The fourth-order valence-corrected chi connectivity index (χ4v) is 3.72. The fourth-order valence-electron chi connectivity index (χ4n) is 3.21. The summed E-state index contributed by atoms with van der Waals surface area (Å²) in [7, 11) is 0. The summed E-state index contributed by atoms with van der Waals surface area (Å²) in [4.78, 5) is 10.8. The number of nitrogens with zero attached hydrogens (tertiary/aromatic N) is 2. The molecule has 1 aromatic heterocycles. The van der Waals surface area contributed by atoms with Gasteiger partial charge in [-0.1, -0.05) is 20.8 Å². The summed E-state index contributed by atoms with van der Waals surface area (Å²) in [5.41, 5.74) is 2.45. The van der Waals surface area contributed by atoms with Crippen molar-refractivity contribution in [1.29, 1.82) is 0 Å². The second-order valence-electron chi connectivity index (χ2n) is 5.93. The third-order valence-corrected chi connectivity index (χ3v) is 5.06. The van der Waals surface area contributed by atoms with Crippen molar-refractivity contribution in [2.24, 2.45) is 11.3 Å². The van der Waals surface area contributed by atoms with E-state index in [9.17, 15) is 4.79 Å². The summed E-state index contributed by atoms with van der Waals surface area (Å²) >= 11 is 4.70. The van der Waals surface area contributed by atoms with Crippen LogP contribution in [-0.2, 0) is 24.2 Å². The average Bonchev–Trinajstić information content (AvgIpc) is 2.67. The van der Waals surface area contributed by atoms with Crippen LogP contribution in [0.5, 0.6) is 0 Å². The van der Waals surface area contributed by atoms with Crippen LogP contribution in [0.4, 0.5) is 0 Å². The van der Waals surface area contributed by atoms with E-state index >= 15 is 0 Å². The minimum absolute atomic E-state index is 0.0574. The highest BCUT2D eigenvalue weighted by Crippen LogP contribution is 2.45. The Morgan fingerprint density at radius 2 is 2.26 bits per heavy atom. The second-order valence-corrected chi connectivity index (χ2v) is 6.71. The van der Waals surface area contributed by atoms with Gasteiger partial charge >= 0.3 is 5.97 Å². The largest absolute Gasteiger partial charge is 0.480 e. The lowest BCUT2D eigenvalue weighted by Crippen LogP contribution is -2.40. The highest BCUT2D eigenvalue weighted by atomic mass is 32.1. The molecule has 0 aliphatic heterocycles. The molecule has 1 aromatic rings. The molecule has 0 radical (unpaired) electrons. The van der Waals surface area contributed by atoms with Crippen LogP contribution in [0.15, 0.2) is 6.20 Å². The molecule has 0 saturated heterocycles. The average molecular weight is 282 g/mol. The maximum absolute atomic E-state index is 10.8. The van der Waals surface area contributed by atoms with Gasteiger partial charge in [0.2, 0.25) is 0 Å². The smallest absolute Gasteiger partial charge is 0.325 e. The standard InChI is InChI=1S/C14H22N2O2S/c1-9(2)14(10(3)19)5-4-12-11(6-14)7-16(15-12)8-13(17)18/h7,9-10,19H,4-6,8H2,1-3H3,(H,17,18). The monoisotopic (exact) mass is 282 g/mol. The molecule has 5 heteroatoms. The molecule has 2 unspecified atom stereocenters. The lowest BCUT2D eigenvalue weighted by molar-refractivity contribution is -0.137. The van der Waals surface area contributed by atoms with Gasteiger partial charge in [0.15, 0.2) is 0 Å². The summed E-state index contributed by atoms with van der Waals surface area (Å²) in [5.74, 6) is -0.298. The zero-order chi connectivity index (χ0) is 14.2. The summed E-state index contributed by atoms with van der Waals surface area (Å²) in [6.07, 6.45) is 4.84. The van der Waals surface area contributed by atoms with Gasteiger partial charge in [0.05, 0.1) is 5.69 Å². The molecule has 0 amide bonds. The normalized spacial score (nSPS) is 24.3. The molecule has 0 fully saturated rings. The topological polar surface area (TPSA) is 55.1 Å². The number of rotatable bonds is 4. The number of carbonyl (C=O) groups is 1. The van der Waals surface area contributed by atoms with E-state index in [-0.39, 0.29) is 12.0 Å². The van der Waals surface area contributed by atoms with Crippen molar-refractivity contribution in [2.45, 2.75) is 51.8 Å². The SMILES string of the molecule is CC(C)C1(C(C)S)CCc2nn(CC(=O)O)cc2C1.